The molecule has 2 N–H and O–H groups in total. The molecule has 0 saturated heterocycles. The summed E-state index contributed by atoms with van der Waals surface area (Å²) in [6.07, 6.45) is 1.86. The molecule has 1 aliphatic rings. The van der Waals surface area contributed by atoms with Crippen LogP contribution in [0, 0.1) is 12.8 Å². The fourth-order valence-electron chi connectivity index (χ4n) is 1.93. The van der Waals surface area contributed by atoms with Gasteiger partial charge in [0.25, 0.3) is 5.91 Å². The third-order valence-corrected chi connectivity index (χ3v) is 3.15. The summed E-state index contributed by atoms with van der Waals surface area (Å²) in [4.78, 5) is 16.1. The molecule has 0 aliphatic heterocycles. The number of aromatic nitrogens is 3. The molecule has 92 valence electrons. The smallest absolute Gasteiger partial charge is 0.253 e. The second-order valence-corrected chi connectivity index (χ2v) is 4.63. The molecule has 0 spiro atoms. The normalized spacial score (nSPS) is 14.7. The minimum Gasteiger partial charge on any atom is -0.368 e. The number of nitrogens with two attached hydrogens (primary N) is 1. The SMILES string of the molecule is Cc1ccccc1-c1nc(N)n(C(=O)C2CC2)n1. The average Bonchev–Trinajstić information content (AvgIpc) is 3.13. The second kappa shape index (κ2) is 3.94. The van der Waals surface area contributed by atoms with E-state index < -0.39 is 0 Å². The van der Waals surface area contributed by atoms with Crippen LogP contribution in [-0.4, -0.2) is 20.7 Å². The van der Waals surface area contributed by atoms with Crippen molar-refractivity contribution in [3.05, 3.63) is 29.8 Å². The number of aryl methyl sites for hydroxylation is 1. The van der Waals surface area contributed by atoms with Crippen LogP contribution in [0.15, 0.2) is 24.3 Å². The number of nitrogens with zero attached hydrogens (tertiary/aromatic N) is 3. The Bertz CT molecular complexity index is 613. The quantitative estimate of drug-likeness (QED) is 0.872. The summed E-state index contributed by atoms with van der Waals surface area (Å²) >= 11 is 0. The third kappa shape index (κ3) is 1.77. The van der Waals surface area contributed by atoms with E-state index in [1.807, 2.05) is 31.2 Å². The van der Waals surface area contributed by atoms with E-state index in [0.29, 0.717) is 5.82 Å². The van der Waals surface area contributed by atoms with Gasteiger partial charge in [0.15, 0.2) is 5.82 Å². The highest BCUT2D eigenvalue weighted by Gasteiger charge is 2.33. The van der Waals surface area contributed by atoms with E-state index in [4.69, 9.17) is 5.73 Å². The Kier molecular flexibility index (Phi) is 2.40. The molecule has 1 saturated carbocycles. The summed E-state index contributed by atoms with van der Waals surface area (Å²) in [5, 5.41) is 4.23. The molecule has 1 aliphatic carbocycles. The first-order valence-corrected chi connectivity index (χ1v) is 5.99. The van der Waals surface area contributed by atoms with Crippen LogP contribution in [0.2, 0.25) is 0 Å². The molecule has 0 unspecified atom stereocenters. The highest BCUT2D eigenvalue weighted by molar-refractivity contribution is 5.85. The zero-order valence-corrected chi connectivity index (χ0v) is 10.1. The lowest BCUT2D eigenvalue weighted by atomic mass is 10.1. The summed E-state index contributed by atoms with van der Waals surface area (Å²) in [5.41, 5.74) is 7.74. The zero-order valence-electron chi connectivity index (χ0n) is 10.1. The molecule has 5 nitrogen and oxygen atoms in total. The molecule has 1 aromatic heterocycles. The molecule has 1 fully saturated rings. The van der Waals surface area contributed by atoms with E-state index in [-0.39, 0.29) is 17.8 Å². The third-order valence-electron chi connectivity index (χ3n) is 3.15. The lowest BCUT2D eigenvalue weighted by Gasteiger charge is -1.99. The van der Waals surface area contributed by atoms with E-state index in [1.54, 1.807) is 0 Å². The fourth-order valence-corrected chi connectivity index (χ4v) is 1.93. The summed E-state index contributed by atoms with van der Waals surface area (Å²) < 4.78 is 1.24. The maximum Gasteiger partial charge on any atom is 0.253 e. The van der Waals surface area contributed by atoms with E-state index in [0.717, 1.165) is 24.0 Å². The van der Waals surface area contributed by atoms with Crippen molar-refractivity contribution in [1.82, 2.24) is 14.8 Å². The van der Waals surface area contributed by atoms with Crippen LogP contribution in [-0.2, 0) is 0 Å². The van der Waals surface area contributed by atoms with Gasteiger partial charge >= 0.3 is 0 Å². The van der Waals surface area contributed by atoms with Crippen molar-refractivity contribution >= 4 is 11.9 Å². The lowest BCUT2D eigenvalue weighted by Crippen LogP contribution is -2.16. The maximum atomic E-state index is 11.9. The number of hydrogen-bond acceptors (Lipinski definition) is 4. The van der Waals surface area contributed by atoms with Gasteiger partial charge < -0.3 is 5.73 Å². The molecule has 0 bridgehead atoms. The molecule has 18 heavy (non-hydrogen) atoms. The van der Waals surface area contributed by atoms with Gasteiger partial charge in [-0.25, -0.2) is 0 Å². The number of nitrogen functional groups attached to an aromatic ring is 1. The number of carbonyl (C=O) groups is 1. The van der Waals surface area contributed by atoms with Gasteiger partial charge in [-0.1, -0.05) is 24.3 Å². The van der Waals surface area contributed by atoms with Gasteiger partial charge in [-0.15, -0.1) is 5.10 Å². The highest BCUT2D eigenvalue weighted by atomic mass is 16.2. The summed E-state index contributed by atoms with van der Waals surface area (Å²) in [6.45, 7) is 1.98. The Hall–Kier alpha value is -2.17. The highest BCUT2D eigenvalue weighted by Crippen LogP contribution is 2.31. The molecule has 1 aromatic carbocycles. The maximum absolute atomic E-state index is 11.9. The summed E-state index contributed by atoms with van der Waals surface area (Å²) in [5.74, 6) is 0.725. The predicted molar refractivity (Wildman–Crippen MR) is 68.0 cm³/mol. The van der Waals surface area contributed by atoms with Crippen molar-refractivity contribution < 1.29 is 4.79 Å². The first-order chi connectivity index (χ1) is 8.66. The minimum atomic E-state index is -0.0418. The molecule has 2 aromatic rings. The van der Waals surface area contributed by atoms with Crippen molar-refractivity contribution in [2.24, 2.45) is 5.92 Å². The number of anilines is 1. The van der Waals surface area contributed by atoms with Gasteiger partial charge in [0.05, 0.1) is 0 Å². The van der Waals surface area contributed by atoms with E-state index in [1.165, 1.54) is 4.68 Å². The largest absolute Gasteiger partial charge is 0.368 e. The van der Waals surface area contributed by atoms with Crippen LogP contribution in [0.1, 0.15) is 23.2 Å². The van der Waals surface area contributed by atoms with Crippen molar-refractivity contribution in [1.29, 1.82) is 0 Å². The number of benzene rings is 1. The molecule has 5 heteroatoms. The first-order valence-electron chi connectivity index (χ1n) is 5.99. The Morgan fingerprint density at radius 1 is 1.39 bits per heavy atom. The Morgan fingerprint density at radius 3 is 2.78 bits per heavy atom. The summed E-state index contributed by atoms with van der Waals surface area (Å²) in [6, 6.07) is 7.78. The van der Waals surface area contributed by atoms with Crippen LogP contribution < -0.4 is 5.73 Å². The van der Waals surface area contributed by atoms with Crippen LogP contribution in [0.25, 0.3) is 11.4 Å². The van der Waals surface area contributed by atoms with Crippen LogP contribution >= 0.6 is 0 Å². The van der Waals surface area contributed by atoms with Crippen LogP contribution in [0.5, 0.6) is 0 Å². The first kappa shape index (κ1) is 11.0. The van der Waals surface area contributed by atoms with E-state index in [2.05, 4.69) is 10.1 Å². The average molecular weight is 242 g/mol. The van der Waals surface area contributed by atoms with E-state index >= 15 is 0 Å². The molecular weight excluding hydrogens is 228 g/mol. The zero-order chi connectivity index (χ0) is 12.7. The molecule has 0 radical (unpaired) electrons. The van der Waals surface area contributed by atoms with Gasteiger partial charge in [0, 0.05) is 11.5 Å². The molecule has 3 rings (SSSR count). The topological polar surface area (TPSA) is 73.8 Å². The number of hydrogen-bond donors (Lipinski definition) is 1. The van der Waals surface area contributed by atoms with Crippen LogP contribution in [0.4, 0.5) is 5.95 Å². The predicted octanol–water partition coefficient (Wildman–Crippen LogP) is 1.89. The van der Waals surface area contributed by atoms with Gasteiger partial charge in [-0.2, -0.15) is 9.67 Å². The monoisotopic (exact) mass is 242 g/mol. The van der Waals surface area contributed by atoms with E-state index in [9.17, 15) is 4.79 Å². The van der Waals surface area contributed by atoms with Gasteiger partial charge in [0.2, 0.25) is 5.95 Å². The fraction of sp³-hybridized carbons (Fsp3) is 0.308. The summed E-state index contributed by atoms with van der Waals surface area (Å²) in [7, 11) is 0. The second-order valence-electron chi connectivity index (χ2n) is 4.63. The lowest BCUT2D eigenvalue weighted by molar-refractivity contribution is 0.0873. The number of carbonyl (C=O) groups excluding carboxylic acids is 1. The van der Waals surface area contributed by atoms with Crippen molar-refractivity contribution in [2.45, 2.75) is 19.8 Å². The van der Waals surface area contributed by atoms with Crippen molar-refractivity contribution in [3.8, 4) is 11.4 Å². The Labute approximate surface area is 105 Å². The molecule has 1 heterocycles. The van der Waals surface area contributed by atoms with Crippen molar-refractivity contribution in [3.63, 3.8) is 0 Å². The van der Waals surface area contributed by atoms with Gasteiger partial charge in [0.1, 0.15) is 0 Å². The Morgan fingerprint density at radius 2 is 2.11 bits per heavy atom. The Balaban J connectivity index is 2.02. The van der Waals surface area contributed by atoms with Gasteiger partial charge in [-0.05, 0) is 25.3 Å². The molecule has 0 atom stereocenters. The van der Waals surface area contributed by atoms with Crippen LogP contribution in [0.3, 0.4) is 0 Å². The van der Waals surface area contributed by atoms with Gasteiger partial charge in [-0.3, -0.25) is 4.79 Å². The molecular formula is C13H14N4O. The number of rotatable bonds is 2. The standard InChI is InChI=1S/C13H14N4O/c1-8-4-2-3-5-10(8)11-15-13(14)17(16-11)12(18)9-6-7-9/h2-5,9H,6-7H2,1H3,(H2,14,15,16). The molecule has 0 amide bonds. The minimum absolute atomic E-state index is 0.0418. The van der Waals surface area contributed by atoms with Crippen molar-refractivity contribution in [2.75, 3.05) is 5.73 Å².